The summed E-state index contributed by atoms with van der Waals surface area (Å²) in [5, 5.41) is 10.6. The molecule has 0 spiro atoms. The molecule has 6 heteroatoms. The number of nitrogen functional groups attached to an aromatic ring is 1. The molecular formula is C11H14N2O3S. The molecule has 17 heavy (non-hydrogen) atoms. The highest BCUT2D eigenvalue weighted by atomic mass is 32.2. The summed E-state index contributed by atoms with van der Waals surface area (Å²) in [6, 6.07) is 4.58. The molecule has 0 radical (unpaired) electrons. The van der Waals surface area contributed by atoms with E-state index in [1.54, 1.807) is 17.8 Å². The number of ether oxygens (including phenoxy) is 1. The SMILES string of the molecule is Nc1cc([N+](=O)[O-])ccc1SCC1CCCO1. The van der Waals surface area contributed by atoms with Crippen molar-refractivity contribution in [1.29, 1.82) is 0 Å². The zero-order chi connectivity index (χ0) is 12.3. The van der Waals surface area contributed by atoms with Crippen molar-refractivity contribution in [3.8, 4) is 0 Å². The van der Waals surface area contributed by atoms with Crippen molar-refractivity contribution in [2.45, 2.75) is 23.8 Å². The quantitative estimate of drug-likeness (QED) is 0.386. The Balaban J connectivity index is 1.98. The van der Waals surface area contributed by atoms with E-state index in [4.69, 9.17) is 10.5 Å². The van der Waals surface area contributed by atoms with E-state index in [2.05, 4.69) is 0 Å². The third kappa shape index (κ3) is 3.10. The van der Waals surface area contributed by atoms with Gasteiger partial charge in [-0.3, -0.25) is 10.1 Å². The molecule has 0 saturated carbocycles. The van der Waals surface area contributed by atoms with E-state index in [0.29, 0.717) is 5.69 Å². The number of rotatable bonds is 4. The molecule has 0 bridgehead atoms. The third-order valence-corrected chi connectivity index (χ3v) is 3.87. The maximum absolute atomic E-state index is 10.6. The molecule has 0 amide bonds. The van der Waals surface area contributed by atoms with Gasteiger partial charge in [-0.25, -0.2) is 0 Å². The van der Waals surface area contributed by atoms with Crippen LogP contribution in [0.5, 0.6) is 0 Å². The summed E-state index contributed by atoms with van der Waals surface area (Å²) < 4.78 is 5.51. The number of nitro groups is 1. The number of nitrogens with zero attached hydrogens (tertiary/aromatic N) is 1. The molecule has 1 aliphatic rings. The summed E-state index contributed by atoms with van der Waals surface area (Å²) in [6.07, 6.45) is 2.48. The summed E-state index contributed by atoms with van der Waals surface area (Å²) in [4.78, 5) is 11.0. The number of hydrogen-bond acceptors (Lipinski definition) is 5. The molecular weight excluding hydrogens is 240 g/mol. The van der Waals surface area contributed by atoms with Crippen LogP contribution in [0.3, 0.4) is 0 Å². The highest BCUT2D eigenvalue weighted by Crippen LogP contribution is 2.30. The van der Waals surface area contributed by atoms with E-state index >= 15 is 0 Å². The molecule has 2 N–H and O–H groups in total. The number of thioether (sulfide) groups is 1. The lowest BCUT2D eigenvalue weighted by atomic mass is 10.3. The van der Waals surface area contributed by atoms with E-state index in [-0.39, 0.29) is 11.8 Å². The van der Waals surface area contributed by atoms with Gasteiger partial charge in [0.1, 0.15) is 0 Å². The Morgan fingerprint density at radius 1 is 1.59 bits per heavy atom. The van der Waals surface area contributed by atoms with E-state index in [1.165, 1.54) is 12.1 Å². The maximum Gasteiger partial charge on any atom is 0.271 e. The van der Waals surface area contributed by atoms with Crippen LogP contribution < -0.4 is 5.73 Å². The molecule has 0 aromatic heterocycles. The number of hydrogen-bond donors (Lipinski definition) is 1. The van der Waals surface area contributed by atoms with Gasteiger partial charge >= 0.3 is 0 Å². The van der Waals surface area contributed by atoms with Crippen LogP contribution in [0.4, 0.5) is 11.4 Å². The molecule has 1 heterocycles. The zero-order valence-electron chi connectivity index (χ0n) is 9.30. The van der Waals surface area contributed by atoms with Gasteiger partial charge in [0.2, 0.25) is 0 Å². The Morgan fingerprint density at radius 2 is 2.41 bits per heavy atom. The summed E-state index contributed by atoms with van der Waals surface area (Å²) in [5.74, 6) is 0.849. The first-order valence-electron chi connectivity index (χ1n) is 5.45. The van der Waals surface area contributed by atoms with E-state index in [9.17, 15) is 10.1 Å². The Morgan fingerprint density at radius 3 is 3.00 bits per heavy atom. The first kappa shape index (κ1) is 12.2. The van der Waals surface area contributed by atoms with Gasteiger partial charge in [-0.1, -0.05) is 0 Å². The number of benzene rings is 1. The van der Waals surface area contributed by atoms with Crippen LogP contribution >= 0.6 is 11.8 Å². The lowest BCUT2D eigenvalue weighted by Crippen LogP contribution is -2.08. The first-order chi connectivity index (χ1) is 8.16. The van der Waals surface area contributed by atoms with Gasteiger partial charge in [0.25, 0.3) is 5.69 Å². The van der Waals surface area contributed by atoms with Crippen LogP contribution in [0.1, 0.15) is 12.8 Å². The van der Waals surface area contributed by atoms with Crippen LogP contribution in [0, 0.1) is 10.1 Å². The van der Waals surface area contributed by atoms with Gasteiger partial charge in [0, 0.05) is 29.4 Å². The molecule has 0 aliphatic carbocycles. The van der Waals surface area contributed by atoms with E-state index < -0.39 is 4.92 Å². The molecule has 1 unspecified atom stereocenters. The predicted octanol–water partition coefficient (Wildman–Crippen LogP) is 2.45. The molecule has 1 aliphatic heterocycles. The minimum atomic E-state index is -0.440. The van der Waals surface area contributed by atoms with Gasteiger partial charge in [-0.15, -0.1) is 11.8 Å². The van der Waals surface area contributed by atoms with Crippen molar-refractivity contribution in [1.82, 2.24) is 0 Å². The summed E-state index contributed by atoms with van der Waals surface area (Å²) >= 11 is 1.59. The fourth-order valence-electron chi connectivity index (χ4n) is 1.74. The van der Waals surface area contributed by atoms with Crippen molar-refractivity contribution in [2.24, 2.45) is 0 Å². The van der Waals surface area contributed by atoms with Crippen molar-refractivity contribution in [2.75, 3.05) is 18.1 Å². The molecule has 1 aromatic rings. The highest BCUT2D eigenvalue weighted by molar-refractivity contribution is 7.99. The normalized spacial score (nSPS) is 19.4. The largest absolute Gasteiger partial charge is 0.398 e. The Bertz CT molecular complexity index is 419. The zero-order valence-corrected chi connectivity index (χ0v) is 10.1. The summed E-state index contributed by atoms with van der Waals surface area (Å²) in [6.45, 7) is 0.834. The van der Waals surface area contributed by atoms with Gasteiger partial charge < -0.3 is 10.5 Å². The van der Waals surface area contributed by atoms with Crippen LogP contribution in [-0.4, -0.2) is 23.4 Å². The van der Waals surface area contributed by atoms with Gasteiger partial charge in [0.05, 0.1) is 16.7 Å². The summed E-state index contributed by atoms with van der Waals surface area (Å²) in [7, 11) is 0. The van der Waals surface area contributed by atoms with Crippen molar-refractivity contribution >= 4 is 23.1 Å². The van der Waals surface area contributed by atoms with Gasteiger partial charge in [0.15, 0.2) is 0 Å². The van der Waals surface area contributed by atoms with Crippen LogP contribution in [-0.2, 0) is 4.74 Å². The minimum absolute atomic E-state index is 0.0315. The lowest BCUT2D eigenvalue weighted by molar-refractivity contribution is -0.384. The van der Waals surface area contributed by atoms with Crippen molar-refractivity contribution in [3.05, 3.63) is 28.3 Å². The first-order valence-corrected chi connectivity index (χ1v) is 6.43. The monoisotopic (exact) mass is 254 g/mol. The smallest absolute Gasteiger partial charge is 0.271 e. The number of nitrogens with two attached hydrogens (primary N) is 1. The molecule has 1 atom stereocenters. The maximum atomic E-state index is 10.6. The Hall–Kier alpha value is -1.27. The average molecular weight is 254 g/mol. The average Bonchev–Trinajstić information content (AvgIpc) is 2.80. The standard InChI is InChI=1S/C11H14N2O3S/c12-10-6-8(13(14)15)3-4-11(10)17-7-9-2-1-5-16-9/h3-4,6,9H,1-2,5,7,12H2. The minimum Gasteiger partial charge on any atom is -0.398 e. The fourth-order valence-corrected chi connectivity index (χ4v) is 2.76. The van der Waals surface area contributed by atoms with Crippen LogP contribution in [0.2, 0.25) is 0 Å². The van der Waals surface area contributed by atoms with Crippen molar-refractivity contribution in [3.63, 3.8) is 0 Å². The second-order valence-corrected chi connectivity index (χ2v) is 4.99. The molecule has 1 fully saturated rings. The number of non-ortho nitro benzene ring substituents is 1. The summed E-state index contributed by atoms with van der Waals surface area (Å²) in [5.41, 5.74) is 6.27. The van der Waals surface area contributed by atoms with Crippen molar-refractivity contribution < 1.29 is 9.66 Å². The predicted molar refractivity (Wildman–Crippen MR) is 67.2 cm³/mol. The number of anilines is 1. The molecule has 5 nitrogen and oxygen atoms in total. The Kier molecular flexibility index (Phi) is 3.86. The molecule has 1 aromatic carbocycles. The third-order valence-electron chi connectivity index (χ3n) is 2.65. The topological polar surface area (TPSA) is 78.4 Å². The lowest BCUT2D eigenvalue weighted by Gasteiger charge is -2.09. The number of nitro benzene ring substituents is 1. The van der Waals surface area contributed by atoms with Crippen LogP contribution in [0.25, 0.3) is 0 Å². The highest BCUT2D eigenvalue weighted by Gasteiger charge is 2.16. The van der Waals surface area contributed by atoms with E-state index in [1.807, 2.05) is 0 Å². The van der Waals surface area contributed by atoms with E-state index in [0.717, 1.165) is 30.1 Å². The van der Waals surface area contributed by atoms with Crippen LogP contribution in [0.15, 0.2) is 23.1 Å². The Labute approximate surface area is 103 Å². The van der Waals surface area contributed by atoms with Gasteiger partial charge in [-0.2, -0.15) is 0 Å². The molecule has 1 saturated heterocycles. The van der Waals surface area contributed by atoms with Gasteiger partial charge in [-0.05, 0) is 18.9 Å². The fraction of sp³-hybridized carbons (Fsp3) is 0.455. The molecule has 92 valence electrons. The second-order valence-electron chi connectivity index (χ2n) is 3.93. The second kappa shape index (κ2) is 5.37. The molecule has 2 rings (SSSR count).